The van der Waals surface area contributed by atoms with E-state index >= 15 is 0 Å². The fourth-order valence-corrected chi connectivity index (χ4v) is 4.41. The predicted octanol–water partition coefficient (Wildman–Crippen LogP) is 4.39. The molecule has 0 atom stereocenters. The van der Waals surface area contributed by atoms with E-state index in [4.69, 9.17) is 14.2 Å². The molecule has 0 spiro atoms. The zero-order chi connectivity index (χ0) is 22.5. The molecule has 2 heterocycles. The Morgan fingerprint density at radius 2 is 2.00 bits per heavy atom. The summed E-state index contributed by atoms with van der Waals surface area (Å²) in [6.07, 6.45) is 6.40. The van der Waals surface area contributed by atoms with E-state index < -0.39 is 0 Å². The van der Waals surface area contributed by atoms with E-state index in [0.29, 0.717) is 24.8 Å². The number of aromatic nitrogens is 3. The number of benzene rings is 1. The molecule has 0 bridgehead atoms. The maximum absolute atomic E-state index is 12.4. The number of amides is 1. The highest BCUT2D eigenvalue weighted by atomic mass is 16.5. The molecule has 168 valence electrons. The van der Waals surface area contributed by atoms with Gasteiger partial charge in [0.2, 0.25) is 5.91 Å². The van der Waals surface area contributed by atoms with Crippen molar-refractivity contribution in [2.75, 3.05) is 13.7 Å². The van der Waals surface area contributed by atoms with E-state index in [2.05, 4.69) is 15.5 Å². The molecule has 1 fully saturated rings. The fourth-order valence-electron chi connectivity index (χ4n) is 4.41. The average Bonchev–Trinajstić information content (AvgIpc) is 3.24. The van der Waals surface area contributed by atoms with Crippen molar-refractivity contribution in [3.63, 3.8) is 0 Å². The van der Waals surface area contributed by atoms with Crippen LogP contribution in [0.2, 0.25) is 0 Å². The Bertz CT molecular complexity index is 1070. The van der Waals surface area contributed by atoms with Gasteiger partial charge in [-0.15, -0.1) is 0 Å². The van der Waals surface area contributed by atoms with Crippen molar-refractivity contribution in [1.29, 1.82) is 0 Å². The van der Waals surface area contributed by atoms with E-state index in [0.717, 1.165) is 65.5 Å². The SMILES string of the molecule is COc1cccc(CC(=O)NCC2CCC(c3nc(C)ncc3-c3cc(C)no3)CC2)c1. The normalized spacial score (nSPS) is 18.3. The van der Waals surface area contributed by atoms with Crippen LogP contribution in [0.15, 0.2) is 41.1 Å². The number of carbonyl (C=O) groups excluding carboxylic acids is 1. The van der Waals surface area contributed by atoms with Crippen LogP contribution in [-0.2, 0) is 11.2 Å². The standard InChI is InChI=1S/C25H30N4O3/c1-16-11-23(32-29-16)22-15-26-17(2)28-25(22)20-9-7-18(8-10-20)14-27-24(30)13-19-5-4-6-21(12-19)31-3/h4-6,11-12,15,18,20H,7-10,13-14H2,1-3H3,(H,27,30). The van der Waals surface area contributed by atoms with Crippen molar-refractivity contribution in [2.24, 2.45) is 5.92 Å². The van der Waals surface area contributed by atoms with Gasteiger partial charge in [0.05, 0.1) is 30.5 Å². The molecule has 32 heavy (non-hydrogen) atoms. The Morgan fingerprint density at radius 3 is 2.72 bits per heavy atom. The first-order valence-corrected chi connectivity index (χ1v) is 11.2. The Balaban J connectivity index is 1.32. The summed E-state index contributed by atoms with van der Waals surface area (Å²) in [6.45, 7) is 4.55. The third-order valence-electron chi connectivity index (χ3n) is 6.15. The van der Waals surface area contributed by atoms with E-state index in [1.165, 1.54) is 0 Å². The van der Waals surface area contributed by atoms with Gasteiger partial charge in [0.1, 0.15) is 11.6 Å². The first kappa shape index (κ1) is 22.0. The van der Waals surface area contributed by atoms with Gasteiger partial charge in [0, 0.05) is 24.7 Å². The molecule has 0 unspecified atom stereocenters. The van der Waals surface area contributed by atoms with Gasteiger partial charge in [-0.2, -0.15) is 0 Å². The van der Waals surface area contributed by atoms with Crippen molar-refractivity contribution in [1.82, 2.24) is 20.4 Å². The van der Waals surface area contributed by atoms with Crippen molar-refractivity contribution >= 4 is 5.91 Å². The van der Waals surface area contributed by atoms with Gasteiger partial charge in [-0.1, -0.05) is 17.3 Å². The molecule has 1 aromatic carbocycles. The lowest BCUT2D eigenvalue weighted by Gasteiger charge is -2.29. The summed E-state index contributed by atoms with van der Waals surface area (Å²) in [5.41, 5.74) is 3.79. The number of nitrogens with zero attached hydrogens (tertiary/aromatic N) is 3. The second kappa shape index (κ2) is 9.94. The number of hydrogen-bond acceptors (Lipinski definition) is 6. The molecule has 4 rings (SSSR count). The molecule has 1 N–H and O–H groups in total. The molecule has 1 aliphatic rings. The van der Waals surface area contributed by atoms with Crippen LogP contribution >= 0.6 is 0 Å². The highest BCUT2D eigenvalue weighted by Crippen LogP contribution is 2.38. The van der Waals surface area contributed by atoms with Crippen LogP contribution < -0.4 is 10.1 Å². The first-order chi connectivity index (χ1) is 15.5. The molecule has 2 aromatic heterocycles. The molecule has 7 nitrogen and oxygen atoms in total. The minimum Gasteiger partial charge on any atom is -0.497 e. The number of aryl methyl sites for hydroxylation is 2. The van der Waals surface area contributed by atoms with Gasteiger partial charge < -0.3 is 14.6 Å². The van der Waals surface area contributed by atoms with Crippen molar-refractivity contribution < 1.29 is 14.1 Å². The molecule has 1 amide bonds. The summed E-state index contributed by atoms with van der Waals surface area (Å²) in [5.74, 6) is 3.17. The Kier molecular flexibility index (Phi) is 6.83. The number of methoxy groups -OCH3 is 1. The Labute approximate surface area is 188 Å². The van der Waals surface area contributed by atoms with Crippen LogP contribution in [0.25, 0.3) is 11.3 Å². The lowest BCUT2D eigenvalue weighted by atomic mass is 9.79. The molecule has 7 heteroatoms. The number of carbonyl (C=O) groups is 1. The number of hydrogen-bond donors (Lipinski definition) is 1. The van der Waals surface area contributed by atoms with E-state index in [1.807, 2.05) is 50.4 Å². The predicted molar refractivity (Wildman–Crippen MR) is 121 cm³/mol. The lowest BCUT2D eigenvalue weighted by Crippen LogP contribution is -2.32. The first-order valence-electron chi connectivity index (χ1n) is 11.2. The van der Waals surface area contributed by atoms with Crippen LogP contribution in [0, 0.1) is 19.8 Å². The summed E-state index contributed by atoms with van der Waals surface area (Å²) in [6, 6.07) is 9.58. The second-order valence-corrected chi connectivity index (χ2v) is 8.60. The smallest absolute Gasteiger partial charge is 0.224 e. The lowest BCUT2D eigenvalue weighted by molar-refractivity contribution is -0.120. The molecule has 0 radical (unpaired) electrons. The van der Waals surface area contributed by atoms with Crippen LogP contribution in [0.5, 0.6) is 5.75 Å². The number of ether oxygens (including phenoxy) is 1. The summed E-state index contributed by atoms with van der Waals surface area (Å²) in [5, 5.41) is 7.13. The summed E-state index contributed by atoms with van der Waals surface area (Å²) in [4.78, 5) is 21.5. The fraction of sp³-hybridized carbons (Fsp3) is 0.440. The van der Waals surface area contributed by atoms with Crippen LogP contribution in [0.3, 0.4) is 0 Å². The summed E-state index contributed by atoms with van der Waals surface area (Å²) < 4.78 is 10.7. The van der Waals surface area contributed by atoms with Crippen molar-refractivity contribution in [3.05, 3.63) is 59.3 Å². The third-order valence-corrected chi connectivity index (χ3v) is 6.15. The zero-order valence-corrected chi connectivity index (χ0v) is 18.9. The summed E-state index contributed by atoms with van der Waals surface area (Å²) in [7, 11) is 1.63. The Hall–Kier alpha value is -3.22. The van der Waals surface area contributed by atoms with E-state index in [1.54, 1.807) is 7.11 Å². The zero-order valence-electron chi connectivity index (χ0n) is 18.9. The molecular weight excluding hydrogens is 404 g/mol. The average molecular weight is 435 g/mol. The highest BCUT2D eigenvalue weighted by Gasteiger charge is 2.27. The van der Waals surface area contributed by atoms with Gasteiger partial charge in [-0.05, 0) is 63.1 Å². The van der Waals surface area contributed by atoms with Gasteiger partial charge >= 0.3 is 0 Å². The number of nitrogens with one attached hydrogen (secondary N) is 1. The molecule has 1 aliphatic carbocycles. The molecule has 1 saturated carbocycles. The van der Waals surface area contributed by atoms with Crippen LogP contribution in [0.4, 0.5) is 0 Å². The van der Waals surface area contributed by atoms with E-state index in [-0.39, 0.29) is 5.91 Å². The molecule has 0 aliphatic heterocycles. The molecule has 3 aromatic rings. The largest absolute Gasteiger partial charge is 0.497 e. The van der Waals surface area contributed by atoms with Gasteiger partial charge in [0.15, 0.2) is 5.76 Å². The third kappa shape index (κ3) is 5.33. The molecular formula is C25H30N4O3. The second-order valence-electron chi connectivity index (χ2n) is 8.60. The van der Waals surface area contributed by atoms with E-state index in [9.17, 15) is 4.79 Å². The quantitative estimate of drug-likeness (QED) is 0.593. The van der Waals surface area contributed by atoms with Crippen molar-refractivity contribution in [3.8, 4) is 17.1 Å². The minimum atomic E-state index is 0.0507. The van der Waals surface area contributed by atoms with Gasteiger partial charge in [0.25, 0.3) is 0 Å². The minimum absolute atomic E-state index is 0.0507. The summed E-state index contributed by atoms with van der Waals surface area (Å²) >= 11 is 0. The topological polar surface area (TPSA) is 90.1 Å². The van der Waals surface area contributed by atoms with Gasteiger partial charge in [-0.25, -0.2) is 9.97 Å². The Morgan fingerprint density at radius 1 is 1.19 bits per heavy atom. The monoisotopic (exact) mass is 434 g/mol. The molecule has 0 saturated heterocycles. The highest BCUT2D eigenvalue weighted by molar-refractivity contribution is 5.78. The maximum atomic E-state index is 12.4. The number of rotatable bonds is 7. The maximum Gasteiger partial charge on any atom is 0.224 e. The van der Waals surface area contributed by atoms with Crippen LogP contribution in [0.1, 0.15) is 54.4 Å². The van der Waals surface area contributed by atoms with Crippen LogP contribution in [-0.4, -0.2) is 34.7 Å². The van der Waals surface area contributed by atoms with Gasteiger partial charge in [-0.3, -0.25) is 4.79 Å². The van der Waals surface area contributed by atoms with Crippen molar-refractivity contribution in [2.45, 2.75) is 51.9 Å².